The van der Waals surface area contributed by atoms with Crippen LogP contribution in [0.3, 0.4) is 0 Å². The number of sulfonamides is 1. The van der Waals surface area contributed by atoms with E-state index >= 15 is 0 Å². The Kier molecular flexibility index (Phi) is 5.37. The third-order valence-electron chi connectivity index (χ3n) is 2.50. The minimum Gasteiger partial charge on any atom is -0.447 e. The Morgan fingerprint density at radius 3 is 2.56 bits per heavy atom. The number of nitrogens with one attached hydrogen (secondary N) is 1. The van der Waals surface area contributed by atoms with Gasteiger partial charge < -0.3 is 9.73 Å². The third-order valence-corrected chi connectivity index (χ3v) is 4.32. The van der Waals surface area contributed by atoms with Gasteiger partial charge in [-0.05, 0) is 25.1 Å². The molecular weight excluding hydrogens is 252 g/mol. The quantitative estimate of drug-likeness (QED) is 0.821. The predicted molar refractivity (Wildman–Crippen MR) is 70.7 cm³/mol. The average molecular weight is 274 g/mol. The van der Waals surface area contributed by atoms with Crippen LogP contribution in [0.1, 0.15) is 26.5 Å². The maximum Gasteiger partial charge on any atom is 0.276 e. The average Bonchev–Trinajstić information content (AvgIpc) is 2.75. The number of furan rings is 1. The Balaban J connectivity index is 2.95. The van der Waals surface area contributed by atoms with Gasteiger partial charge in [0.05, 0.1) is 6.54 Å². The second-order valence-corrected chi connectivity index (χ2v) is 6.47. The van der Waals surface area contributed by atoms with E-state index < -0.39 is 10.0 Å². The molecule has 5 nitrogen and oxygen atoms in total. The van der Waals surface area contributed by atoms with E-state index in [0.29, 0.717) is 25.4 Å². The molecule has 1 rings (SSSR count). The van der Waals surface area contributed by atoms with Gasteiger partial charge >= 0.3 is 0 Å². The first-order chi connectivity index (χ1) is 8.41. The molecule has 0 aromatic carbocycles. The fourth-order valence-corrected chi connectivity index (χ4v) is 3.24. The molecule has 0 saturated carbocycles. The van der Waals surface area contributed by atoms with E-state index in [1.54, 1.807) is 13.1 Å². The van der Waals surface area contributed by atoms with Gasteiger partial charge in [0.2, 0.25) is 5.09 Å². The highest BCUT2D eigenvalue weighted by molar-refractivity contribution is 7.89. The van der Waals surface area contributed by atoms with Crippen LogP contribution in [-0.4, -0.2) is 32.9 Å². The number of hydrogen-bond donors (Lipinski definition) is 1. The predicted octanol–water partition coefficient (Wildman–Crippen LogP) is 1.67. The van der Waals surface area contributed by atoms with Crippen LogP contribution >= 0.6 is 0 Å². The number of hydrogen-bond acceptors (Lipinski definition) is 4. The van der Waals surface area contributed by atoms with Crippen molar-refractivity contribution in [3.63, 3.8) is 0 Å². The Labute approximate surface area is 109 Å². The summed E-state index contributed by atoms with van der Waals surface area (Å²) < 4.78 is 31.5. The molecule has 1 aromatic heterocycles. The second kappa shape index (κ2) is 6.36. The molecule has 0 aliphatic heterocycles. The monoisotopic (exact) mass is 274 g/mol. The van der Waals surface area contributed by atoms with Gasteiger partial charge in [0.25, 0.3) is 10.0 Å². The van der Waals surface area contributed by atoms with Crippen molar-refractivity contribution in [1.82, 2.24) is 9.62 Å². The van der Waals surface area contributed by atoms with E-state index in [1.165, 1.54) is 10.4 Å². The Hall–Kier alpha value is -0.850. The second-order valence-electron chi connectivity index (χ2n) is 4.60. The molecule has 104 valence electrons. The summed E-state index contributed by atoms with van der Waals surface area (Å²) in [6.45, 7) is 7.28. The Bertz CT molecular complexity index is 465. The van der Waals surface area contributed by atoms with Crippen molar-refractivity contribution in [2.24, 2.45) is 5.92 Å². The zero-order valence-electron chi connectivity index (χ0n) is 11.4. The smallest absolute Gasteiger partial charge is 0.276 e. The summed E-state index contributed by atoms with van der Waals surface area (Å²) in [6.07, 6.45) is 0. The van der Waals surface area contributed by atoms with E-state index in [-0.39, 0.29) is 11.0 Å². The molecule has 0 radical (unpaired) electrons. The fourth-order valence-electron chi connectivity index (χ4n) is 1.70. The third kappa shape index (κ3) is 3.57. The van der Waals surface area contributed by atoms with E-state index in [1.807, 2.05) is 20.8 Å². The molecule has 1 aromatic rings. The molecule has 0 aliphatic carbocycles. The van der Waals surface area contributed by atoms with Gasteiger partial charge in [0.1, 0.15) is 5.76 Å². The standard InChI is InChI=1S/C12H22N2O3S/c1-5-14(9-10(2)3)18(15,16)12-7-6-11(17-12)8-13-4/h6-7,10,13H,5,8-9H2,1-4H3. The highest BCUT2D eigenvalue weighted by Gasteiger charge is 2.26. The van der Waals surface area contributed by atoms with Crippen molar-refractivity contribution in [3.05, 3.63) is 17.9 Å². The van der Waals surface area contributed by atoms with E-state index in [2.05, 4.69) is 5.32 Å². The Morgan fingerprint density at radius 2 is 2.06 bits per heavy atom. The molecule has 0 aliphatic rings. The van der Waals surface area contributed by atoms with Crippen LogP contribution in [0.25, 0.3) is 0 Å². The molecular formula is C12H22N2O3S. The summed E-state index contributed by atoms with van der Waals surface area (Å²) in [5.74, 6) is 0.906. The number of nitrogens with zero attached hydrogens (tertiary/aromatic N) is 1. The van der Waals surface area contributed by atoms with Gasteiger partial charge in [-0.1, -0.05) is 20.8 Å². The van der Waals surface area contributed by atoms with Crippen molar-refractivity contribution in [2.45, 2.75) is 32.4 Å². The highest BCUT2D eigenvalue weighted by Crippen LogP contribution is 2.19. The minimum atomic E-state index is -3.50. The summed E-state index contributed by atoms with van der Waals surface area (Å²) in [6, 6.07) is 3.21. The van der Waals surface area contributed by atoms with Crippen LogP contribution in [0.2, 0.25) is 0 Å². The normalized spacial score (nSPS) is 12.6. The first kappa shape index (κ1) is 15.2. The van der Waals surface area contributed by atoms with E-state index in [0.717, 1.165) is 0 Å². The van der Waals surface area contributed by atoms with Gasteiger partial charge in [0.15, 0.2) is 0 Å². The fraction of sp³-hybridized carbons (Fsp3) is 0.667. The van der Waals surface area contributed by atoms with Crippen LogP contribution in [0.5, 0.6) is 0 Å². The maximum atomic E-state index is 12.3. The SMILES string of the molecule is CCN(CC(C)C)S(=O)(=O)c1ccc(CNC)o1. The van der Waals surface area contributed by atoms with Gasteiger partial charge in [-0.25, -0.2) is 8.42 Å². The molecule has 6 heteroatoms. The Morgan fingerprint density at radius 1 is 1.39 bits per heavy atom. The van der Waals surface area contributed by atoms with Crippen LogP contribution in [0.15, 0.2) is 21.6 Å². The highest BCUT2D eigenvalue weighted by atomic mass is 32.2. The largest absolute Gasteiger partial charge is 0.447 e. The first-order valence-electron chi connectivity index (χ1n) is 6.15. The zero-order chi connectivity index (χ0) is 13.8. The molecule has 0 bridgehead atoms. The van der Waals surface area contributed by atoms with Gasteiger partial charge in [-0.2, -0.15) is 4.31 Å². The van der Waals surface area contributed by atoms with Gasteiger partial charge in [0, 0.05) is 13.1 Å². The molecule has 0 atom stereocenters. The van der Waals surface area contributed by atoms with Crippen molar-refractivity contribution in [2.75, 3.05) is 20.1 Å². The molecule has 1 N–H and O–H groups in total. The van der Waals surface area contributed by atoms with Crippen LogP contribution in [0.4, 0.5) is 0 Å². The lowest BCUT2D eigenvalue weighted by atomic mass is 10.2. The molecule has 18 heavy (non-hydrogen) atoms. The molecule has 1 heterocycles. The summed E-state index contributed by atoms with van der Waals surface area (Å²) in [5, 5.41) is 2.95. The van der Waals surface area contributed by atoms with E-state index in [9.17, 15) is 8.42 Å². The summed E-state index contributed by atoms with van der Waals surface area (Å²) in [5.41, 5.74) is 0. The molecule has 0 fully saturated rings. The lowest BCUT2D eigenvalue weighted by Crippen LogP contribution is -2.33. The minimum absolute atomic E-state index is 0.0234. The lowest BCUT2D eigenvalue weighted by molar-refractivity contribution is 0.350. The molecule has 0 amide bonds. The molecule has 0 saturated heterocycles. The maximum absolute atomic E-state index is 12.3. The lowest BCUT2D eigenvalue weighted by Gasteiger charge is -2.20. The number of rotatable bonds is 7. The topological polar surface area (TPSA) is 62.6 Å². The van der Waals surface area contributed by atoms with Crippen molar-refractivity contribution < 1.29 is 12.8 Å². The van der Waals surface area contributed by atoms with Crippen molar-refractivity contribution >= 4 is 10.0 Å². The van der Waals surface area contributed by atoms with Crippen molar-refractivity contribution in [3.8, 4) is 0 Å². The van der Waals surface area contributed by atoms with Gasteiger partial charge in [-0.3, -0.25) is 0 Å². The summed E-state index contributed by atoms with van der Waals surface area (Å²) in [7, 11) is -1.72. The van der Waals surface area contributed by atoms with Crippen LogP contribution in [0, 0.1) is 5.92 Å². The van der Waals surface area contributed by atoms with Crippen molar-refractivity contribution in [1.29, 1.82) is 0 Å². The van der Waals surface area contributed by atoms with Gasteiger partial charge in [-0.15, -0.1) is 0 Å². The van der Waals surface area contributed by atoms with Crippen LogP contribution in [-0.2, 0) is 16.6 Å². The first-order valence-corrected chi connectivity index (χ1v) is 7.59. The van der Waals surface area contributed by atoms with Crippen LogP contribution < -0.4 is 5.32 Å². The summed E-state index contributed by atoms with van der Waals surface area (Å²) >= 11 is 0. The summed E-state index contributed by atoms with van der Waals surface area (Å²) in [4.78, 5) is 0. The zero-order valence-corrected chi connectivity index (χ0v) is 12.3. The van der Waals surface area contributed by atoms with E-state index in [4.69, 9.17) is 4.42 Å². The molecule has 0 unspecified atom stereocenters. The molecule has 0 spiro atoms.